The van der Waals surface area contributed by atoms with Crippen LogP contribution in [-0.2, 0) is 19.4 Å². The monoisotopic (exact) mass is 373 g/mol. The lowest BCUT2D eigenvalue weighted by Gasteiger charge is -2.29. The van der Waals surface area contributed by atoms with Crippen LogP contribution in [0.15, 0.2) is 24.3 Å². The van der Waals surface area contributed by atoms with Crippen molar-refractivity contribution in [2.75, 3.05) is 35.0 Å². The van der Waals surface area contributed by atoms with Gasteiger partial charge in [0, 0.05) is 11.6 Å². The van der Waals surface area contributed by atoms with Crippen molar-refractivity contribution in [3.8, 4) is 23.0 Å². The van der Waals surface area contributed by atoms with Crippen molar-refractivity contribution in [3.05, 3.63) is 46.5 Å². The first-order valence-corrected chi connectivity index (χ1v) is 8.98. The number of aliphatic hydroxyl groups is 1. The molecule has 6 nitrogen and oxygen atoms in total. The molecule has 2 aromatic rings. The van der Waals surface area contributed by atoms with Gasteiger partial charge in [-0.2, -0.15) is 0 Å². The Kier molecular flexibility index (Phi) is 6.08. The van der Waals surface area contributed by atoms with Crippen LogP contribution in [0.5, 0.6) is 23.0 Å². The number of nitrogens with one attached hydrogen (secondary N) is 1. The zero-order valence-corrected chi connectivity index (χ0v) is 16.3. The van der Waals surface area contributed by atoms with Gasteiger partial charge in [0.1, 0.15) is 0 Å². The van der Waals surface area contributed by atoms with Crippen LogP contribution in [0.25, 0.3) is 0 Å². The lowest BCUT2D eigenvalue weighted by molar-refractivity contribution is 0.268. The zero-order chi connectivity index (χ0) is 19.4. The number of hydrogen-bond donors (Lipinski definition) is 2. The highest BCUT2D eigenvalue weighted by Crippen LogP contribution is 2.39. The van der Waals surface area contributed by atoms with E-state index in [-0.39, 0.29) is 12.6 Å². The largest absolute Gasteiger partial charge is 0.493 e. The molecule has 2 aromatic carbocycles. The van der Waals surface area contributed by atoms with Crippen molar-refractivity contribution < 1.29 is 24.1 Å². The van der Waals surface area contributed by atoms with E-state index in [1.807, 2.05) is 18.2 Å². The molecule has 2 N–H and O–H groups in total. The minimum Gasteiger partial charge on any atom is -0.493 e. The Morgan fingerprint density at radius 1 is 0.963 bits per heavy atom. The molecule has 3 rings (SSSR count). The summed E-state index contributed by atoms with van der Waals surface area (Å²) in [5.41, 5.74) is 4.22. The normalized spacial score (nSPS) is 15.8. The number of benzene rings is 2. The Morgan fingerprint density at radius 2 is 1.67 bits per heavy atom. The number of ether oxygens (including phenoxy) is 4. The summed E-state index contributed by atoms with van der Waals surface area (Å²) in [7, 11) is 6.48. The maximum atomic E-state index is 9.93. The zero-order valence-electron chi connectivity index (χ0n) is 16.3. The van der Waals surface area contributed by atoms with E-state index >= 15 is 0 Å². The van der Waals surface area contributed by atoms with E-state index < -0.39 is 0 Å². The van der Waals surface area contributed by atoms with Crippen molar-refractivity contribution in [2.45, 2.75) is 25.5 Å². The first-order chi connectivity index (χ1) is 13.2. The maximum absolute atomic E-state index is 9.93. The standard InChI is InChI=1S/C21H27NO5/c1-24-18-6-5-13(16(12-23)21(18)27-4)9-17-15-11-20(26-3)19(25-2)10-14(15)7-8-22-17/h5-6,10-11,17,22-23H,7-9,12H2,1-4H3/t17-/m0/s1. The highest BCUT2D eigenvalue weighted by molar-refractivity contribution is 5.53. The molecule has 0 amide bonds. The molecule has 1 heterocycles. The molecule has 1 aliphatic heterocycles. The molecule has 0 fully saturated rings. The van der Waals surface area contributed by atoms with E-state index in [0.29, 0.717) is 11.5 Å². The van der Waals surface area contributed by atoms with Gasteiger partial charge < -0.3 is 29.4 Å². The Labute approximate surface area is 160 Å². The van der Waals surface area contributed by atoms with Gasteiger partial charge in [0.25, 0.3) is 0 Å². The fraction of sp³-hybridized carbons (Fsp3) is 0.429. The Balaban J connectivity index is 1.99. The van der Waals surface area contributed by atoms with Gasteiger partial charge in [0.2, 0.25) is 0 Å². The molecular formula is C21H27NO5. The molecule has 0 aliphatic carbocycles. The third-order valence-electron chi connectivity index (χ3n) is 5.13. The van der Waals surface area contributed by atoms with Crippen LogP contribution < -0.4 is 24.3 Å². The van der Waals surface area contributed by atoms with E-state index in [4.69, 9.17) is 18.9 Å². The number of aliphatic hydroxyl groups excluding tert-OH is 1. The van der Waals surface area contributed by atoms with Crippen molar-refractivity contribution >= 4 is 0 Å². The topological polar surface area (TPSA) is 69.2 Å². The van der Waals surface area contributed by atoms with Crippen molar-refractivity contribution in [1.82, 2.24) is 5.32 Å². The average Bonchev–Trinajstić information content (AvgIpc) is 2.72. The number of fused-ring (bicyclic) bond motifs is 1. The smallest absolute Gasteiger partial charge is 0.166 e. The fourth-order valence-corrected chi connectivity index (χ4v) is 3.77. The van der Waals surface area contributed by atoms with Gasteiger partial charge in [-0.15, -0.1) is 0 Å². The first kappa shape index (κ1) is 19.3. The summed E-state index contributed by atoms with van der Waals surface area (Å²) in [6, 6.07) is 8.08. The van der Waals surface area contributed by atoms with Gasteiger partial charge in [-0.25, -0.2) is 0 Å². The Morgan fingerprint density at radius 3 is 2.30 bits per heavy atom. The molecule has 1 atom stereocenters. The van der Waals surface area contributed by atoms with Crippen LogP contribution in [0.1, 0.15) is 28.3 Å². The van der Waals surface area contributed by atoms with Gasteiger partial charge in [-0.3, -0.25) is 0 Å². The molecule has 1 aliphatic rings. The third-order valence-corrected chi connectivity index (χ3v) is 5.13. The molecule has 0 unspecified atom stereocenters. The van der Waals surface area contributed by atoms with E-state index in [1.54, 1.807) is 28.4 Å². The van der Waals surface area contributed by atoms with Crippen LogP contribution in [0.2, 0.25) is 0 Å². The molecule has 0 spiro atoms. The highest BCUT2D eigenvalue weighted by Gasteiger charge is 2.25. The average molecular weight is 373 g/mol. The third kappa shape index (κ3) is 3.68. The fourth-order valence-electron chi connectivity index (χ4n) is 3.77. The van der Waals surface area contributed by atoms with Gasteiger partial charge in [0.15, 0.2) is 23.0 Å². The van der Waals surface area contributed by atoms with E-state index in [0.717, 1.165) is 42.0 Å². The van der Waals surface area contributed by atoms with Crippen molar-refractivity contribution in [2.24, 2.45) is 0 Å². The van der Waals surface area contributed by atoms with Crippen LogP contribution in [0.3, 0.4) is 0 Å². The number of hydrogen-bond acceptors (Lipinski definition) is 6. The summed E-state index contributed by atoms with van der Waals surface area (Å²) in [6.45, 7) is 0.774. The quantitative estimate of drug-likeness (QED) is 0.778. The van der Waals surface area contributed by atoms with Gasteiger partial charge in [-0.05, 0) is 54.3 Å². The predicted molar refractivity (Wildman–Crippen MR) is 103 cm³/mol. The van der Waals surface area contributed by atoms with E-state index in [1.165, 1.54) is 11.1 Å². The second-order valence-electron chi connectivity index (χ2n) is 6.46. The molecule has 27 heavy (non-hydrogen) atoms. The van der Waals surface area contributed by atoms with Crippen LogP contribution in [-0.4, -0.2) is 40.1 Å². The molecule has 146 valence electrons. The SMILES string of the molecule is COc1cc2c(cc1OC)[C@H](Cc1ccc(OC)c(OC)c1CO)NCC2. The summed E-state index contributed by atoms with van der Waals surface area (Å²) in [5.74, 6) is 2.67. The minimum atomic E-state index is -0.110. The summed E-state index contributed by atoms with van der Waals surface area (Å²) < 4.78 is 21.8. The molecular weight excluding hydrogens is 346 g/mol. The lowest BCUT2D eigenvalue weighted by atomic mass is 9.88. The molecule has 0 saturated carbocycles. The number of rotatable bonds is 7. The molecule has 0 radical (unpaired) electrons. The van der Waals surface area contributed by atoms with E-state index in [2.05, 4.69) is 11.4 Å². The highest BCUT2D eigenvalue weighted by atomic mass is 16.5. The van der Waals surface area contributed by atoms with Gasteiger partial charge in [-0.1, -0.05) is 6.07 Å². The number of methoxy groups -OCH3 is 4. The van der Waals surface area contributed by atoms with Crippen molar-refractivity contribution in [1.29, 1.82) is 0 Å². The Hall–Kier alpha value is -2.44. The maximum Gasteiger partial charge on any atom is 0.166 e. The van der Waals surface area contributed by atoms with Crippen LogP contribution in [0, 0.1) is 0 Å². The lowest BCUT2D eigenvalue weighted by Crippen LogP contribution is -2.31. The summed E-state index contributed by atoms with van der Waals surface area (Å²) >= 11 is 0. The first-order valence-electron chi connectivity index (χ1n) is 8.98. The summed E-state index contributed by atoms with van der Waals surface area (Å²) in [5, 5.41) is 13.5. The second-order valence-corrected chi connectivity index (χ2v) is 6.46. The van der Waals surface area contributed by atoms with Gasteiger partial charge in [0.05, 0.1) is 35.0 Å². The van der Waals surface area contributed by atoms with E-state index in [9.17, 15) is 5.11 Å². The van der Waals surface area contributed by atoms with Crippen molar-refractivity contribution in [3.63, 3.8) is 0 Å². The molecule has 0 saturated heterocycles. The van der Waals surface area contributed by atoms with Gasteiger partial charge >= 0.3 is 0 Å². The summed E-state index contributed by atoms with van der Waals surface area (Å²) in [6.07, 6.45) is 1.66. The second kappa shape index (κ2) is 8.50. The van der Waals surface area contributed by atoms with Crippen LogP contribution >= 0.6 is 0 Å². The Bertz CT molecular complexity index is 806. The summed E-state index contributed by atoms with van der Waals surface area (Å²) in [4.78, 5) is 0. The molecule has 0 bridgehead atoms. The van der Waals surface area contributed by atoms with Crippen LogP contribution in [0.4, 0.5) is 0 Å². The predicted octanol–water partition coefficient (Wildman–Crippen LogP) is 2.64. The molecule has 0 aromatic heterocycles. The minimum absolute atomic E-state index is 0.108. The molecule has 6 heteroatoms.